The Morgan fingerprint density at radius 3 is 2.85 bits per heavy atom. The predicted octanol–water partition coefficient (Wildman–Crippen LogP) is 2.33. The molecule has 8 heteroatoms. The van der Waals surface area contributed by atoms with E-state index in [1.54, 1.807) is 23.5 Å². The summed E-state index contributed by atoms with van der Waals surface area (Å²) in [6, 6.07) is 11.4. The molecular weight excluding hydrogens is 364 g/mol. The number of benzene rings is 1. The third-order valence-corrected chi connectivity index (χ3v) is 5.30. The SMILES string of the molecule is NC(=O)COc1ccc([C@H]2CC(=O)Nc3c2cnn3Cc2cccs2)cc1. The molecule has 0 fully saturated rings. The van der Waals surface area contributed by atoms with Gasteiger partial charge in [-0.3, -0.25) is 9.59 Å². The Bertz CT molecular complexity index is 964. The van der Waals surface area contributed by atoms with Gasteiger partial charge in [-0.05, 0) is 29.1 Å². The van der Waals surface area contributed by atoms with E-state index >= 15 is 0 Å². The molecule has 0 spiro atoms. The summed E-state index contributed by atoms with van der Waals surface area (Å²) in [5, 5.41) is 9.46. The molecular formula is C19H18N4O3S. The highest BCUT2D eigenvalue weighted by molar-refractivity contribution is 7.09. The number of nitrogens with one attached hydrogen (secondary N) is 1. The first-order valence-electron chi connectivity index (χ1n) is 8.49. The minimum absolute atomic E-state index is 0.0329. The molecule has 27 heavy (non-hydrogen) atoms. The van der Waals surface area contributed by atoms with Gasteiger partial charge in [-0.2, -0.15) is 5.10 Å². The predicted molar refractivity (Wildman–Crippen MR) is 102 cm³/mol. The molecule has 0 bridgehead atoms. The molecule has 1 atom stereocenters. The van der Waals surface area contributed by atoms with Crippen LogP contribution >= 0.6 is 11.3 Å². The van der Waals surface area contributed by atoms with Gasteiger partial charge in [-0.25, -0.2) is 4.68 Å². The Hall–Kier alpha value is -3.13. The van der Waals surface area contributed by atoms with Crippen molar-refractivity contribution < 1.29 is 14.3 Å². The average Bonchev–Trinajstić information content (AvgIpc) is 3.31. The number of primary amides is 1. The quantitative estimate of drug-likeness (QED) is 0.683. The molecule has 2 aromatic heterocycles. The zero-order chi connectivity index (χ0) is 18.8. The normalized spacial score (nSPS) is 15.9. The monoisotopic (exact) mass is 382 g/mol. The molecule has 0 saturated carbocycles. The van der Waals surface area contributed by atoms with Crippen molar-refractivity contribution in [2.45, 2.75) is 18.9 Å². The number of hydrogen-bond donors (Lipinski definition) is 2. The number of thiophene rings is 1. The van der Waals surface area contributed by atoms with Crippen molar-refractivity contribution in [1.82, 2.24) is 9.78 Å². The fraction of sp³-hybridized carbons (Fsp3) is 0.211. The molecule has 7 nitrogen and oxygen atoms in total. The fourth-order valence-corrected chi connectivity index (χ4v) is 3.87. The summed E-state index contributed by atoms with van der Waals surface area (Å²) < 4.78 is 7.12. The van der Waals surface area contributed by atoms with Crippen molar-refractivity contribution in [1.29, 1.82) is 0 Å². The molecule has 0 aliphatic carbocycles. The van der Waals surface area contributed by atoms with Crippen LogP contribution in [0, 0.1) is 0 Å². The molecule has 0 saturated heterocycles. The number of hydrogen-bond acceptors (Lipinski definition) is 5. The topological polar surface area (TPSA) is 99.2 Å². The maximum atomic E-state index is 12.3. The van der Waals surface area contributed by atoms with Gasteiger partial charge in [0.1, 0.15) is 11.6 Å². The average molecular weight is 382 g/mol. The lowest BCUT2D eigenvalue weighted by Gasteiger charge is -2.24. The minimum Gasteiger partial charge on any atom is -0.484 e. The Kier molecular flexibility index (Phi) is 4.64. The molecule has 1 aliphatic heterocycles. The van der Waals surface area contributed by atoms with Crippen LogP contribution in [0.25, 0.3) is 0 Å². The number of carbonyl (C=O) groups is 2. The first-order chi connectivity index (χ1) is 13.1. The van der Waals surface area contributed by atoms with Gasteiger partial charge in [-0.1, -0.05) is 18.2 Å². The Labute approximate surface area is 159 Å². The van der Waals surface area contributed by atoms with Crippen molar-refractivity contribution in [3.05, 3.63) is 64.0 Å². The van der Waals surface area contributed by atoms with E-state index in [2.05, 4.69) is 10.4 Å². The highest BCUT2D eigenvalue weighted by Crippen LogP contribution is 2.37. The number of nitrogens with two attached hydrogens (primary N) is 1. The van der Waals surface area contributed by atoms with Crippen LogP contribution in [0.2, 0.25) is 0 Å². The summed E-state index contributed by atoms with van der Waals surface area (Å²) >= 11 is 1.66. The number of nitrogens with zero attached hydrogens (tertiary/aromatic N) is 2. The van der Waals surface area contributed by atoms with Crippen molar-refractivity contribution in [3.8, 4) is 5.75 Å². The molecule has 138 valence electrons. The van der Waals surface area contributed by atoms with Gasteiger partial charge in [0.25, 0.3) is 5.91 Å². The van der Waals surface area contributed by atoms with E-state index in [-0.39, 0.29) is 18.4 Å². The second-order valence-electron chi connectivity index (χ2n) is 6.31. The van der Waals surface area contributed by atoms with Crippen molar-refractivity contribution >= 4 is 29.0 Å². The number of amides is 2. The van der Waals surface area contributed by atoms with Crippen LogP contribution in [-0.4, -0.2) is 28.2 Å². The second-order valence-corrected chi connectivity index (χ2v) is 7.35. The molecule has 1 aliphatic rings. The standard InChI is InChI=1S/C19H18N4O3S/c20-17(24)11-26-13-5-3-12(4-6-13)15-8-18(25)22-19-16(15)9-21-23(19)10-14-2-1-7-27-14/h1-7,9,15H,8,10-11H2,(H2,20,24)(H,22,25)/t15-/m1/s1. The number of aromatic nitrogens is 2. The molecule has 0 radical (unpaired) electrons. The van der Waals surface area contributed by atoms with Gasteiger partial charge in [0, 0.05) is 22.8 Å². The molecule has 1 aromatic carbocycles. The van der Waals surface area contributed by atoms with Gasteiger partial charge in [0.15, 0.2) is 6.61 Å². The van der Waals surface area contributed by atoms with Gasteiger partial charge >= 0.3 is 0 Å². The molecule has 3 heterocycles. The second kappa shape index (κ2) is 7.24. The largest absolute Gasteiger partial charge is 0.484 e. The number of rotatable bonds is 6. The lowest BCUT2D eigenvalue weighted by atomic mass is 9.87. The maximum Gasteiger partial charge on any atom is 0.255 e. The third kappa shape index (κ3) is 3.70. The summed E-state index contributed by atoms with van der Waals surface area (Å²) in [7, 11) is 0. The zero-order valence-electron chi connectivity index (χ0n) is 14.4. The van der Waals surface area contributed by atoms with Gasteiger partial charge < -0.3 is 15.8 Å². The summed E-state index contributed by atoms with van der Waals surface area (Å²) in [6.45, 7) is 0.463. The smallest absolute Gasteiger partial charge is 0.255 e. The number of anilines is 1. The Morgan fingerprint density at radius 2 is 2.15 bits per heavy atom. The summed E-state index contributed by atoms with van der Waals surface area (Å²) in [5.41, 5.74) is 7.08. The van der Waals surface area contributed by atoms with Crippen LogP contribution in [0.4, 0.5) is 5.82 Å². The van der Waals surface area contributed by atoms with Crippen molar-refractivity contribution in [3.63, 3.8) is 0 Å². The van der Waals surface area contributed by atoms with E-state index in [9.17, 15) is 9.59 Å². The first-order valence-corrected chi connectivity index (χ1v) is 9.37. The summed E-state index contributed by atoms with van der Waals surface area (Å²) in [4.78, 5) is 24.3. The summed E-state index contributed by atoms with van der Waals surface area (Å²) in [5.74, 6) is 0.682. The van der Waals surface area contributed by atoms with E-state index < -0.39 is 5.91 Å². The molecule has 3 aromatic rings. The fourth-order valence-electron chi connectivity index (χ4n) is 3.19. The van der Waals surface area contributed by atoms with Crippen molar-refractivity contribution in [2.24, 2.45) is 5.73 Å². The number of ether oxygens (including phenoxy) is 1. The van der Waals surface area contributed by atoms with Crippen LogP contribution in [0.1, 0.15) is 28.3 Å². The Balaban J connectivity index is 1.59. The molecule has 0 unspecified atom stereocenters. The summed E-state index contributed by atoms with van der Waals surface area (Å²) in [6.07, 6.45) is 2.18. The first kappa shape index (κ1) is 17.3. The van der Waals surface area contributed by atoms with Crippen LogP contribution in [-0.2, 0) is 16.1 Å². The lowest BCUT2D eigenvalue weighted by molar-refractivity contribution is -0.120. The van der Waals surface area contributed by atoms with Crippen molar-refractivity contribution in [2.75, 3.05) is 11.9 Å². The van der Waals surface area contributed by atoms with E-state index in [0.29, 0.717) is 18.7 Å². The van der Waals surface area contributed by atoms with E-state index in [1.165, 1.54) is 4.88 Å². The van der Waals surface area contributed by atoms with Crippen LogP contribution in [0.15, 0.2) is 48.0 Å². The highest BCUT2D eigenvalue weighted by Gasteiger charge is 2.30. The lowest BCUT2D eigenvalue weighted by Crippen LogP contribution is -2.25. The van der Waals surface area contributed by atoms with E-state index in [4.69, 9.17) is 10.5 Å². The van der Waals surface area contributed by atoms with Crippen LogP contribution < -0.4 is 15.8 Å². The number of carbonyl (C=O) groups excluding carboxylic acids is 2. The molecule has 3 N–H and O–H groups in total. The maximum absolute atomic E-state index is 12.3. The van der Waals surface area contributed by atoms with E-state index in [1.807, 2.05) is 40.5 Å². The van der Waals surface area contributed by atoms with Crippen LogP contribution in [0.3, 0.4) is 0 Å². The number of fused-ring (bicyclic) bond motifs is 1. The van der Waals surface area contributed by atoms with Gasteiger partial charge in [-0.15, -0.1) is 11.3 Å². The zero-order valence-corrected chi connectivity index (χ0v) is 15.2. The Morgan fingerprint density at radius 1 is 1.33 bits per heavy atom. The molecule has 2 amide bonds. The van der Waals surface area contributed by atoms with Gasteiger partial charge in [0.05, 0.1) is 12.7 Å². The third-order valence-electron chi connectivity index (χ3n) is 4.44. The minimum atomic E-state index is -0.522. The van der Waals surface area contributed by atoms with Crippen LogP contribution in [0.5, 0.6) is 5.75 Å². The molecule has 4 rings (SSSR count). The highest BCUT2D eigenvalue weighted by atomic mass is 32.1. The van der Waals surface area contributed by atoms with Gasteiger partial charge in [0.2, 0.25) is 5.91 Å². The van der Waals surface area contributed by atoms with E-state index in [0.717, 1.165) is 16.9 Å².